The number of rotatable bonds is 3. The van der Waals surface area contributed by atoms with Gasteiger partial charge in [-0.2, -0.15) is 0 Å². The summed E-state index contributed by atoms with van der Waals surface area (Å²) in [5.74, 6) is 0.506. The zero-order chi connectivity index (χ0) is 19.0. The Morgan fingerprint density at radius 3 is 2.59 bits per heavy atom. The Morgan fingerprint density at radius 2 is 1.85 bits per heavy atom. The molecule has 142 valence electrons. The minimum atomic E-state index is -0.407. The number of nitrogens with one attached hydrogen (secondary N) is 1. The van der Waals surface area contributed by atoms with Gasteiger partial charge in [-0.3, -0.25) is 14.2 Å². The Hall–Kier alpha value is -2.70. The van der Waals surface area contributed by atoms with E-state index in [2.05, 4.69) is 22.4 Å². The van der Waals surface area contributed by atoms with Gasteiger partial charge in [-0.15, -0.1) is 10.2 Å². The largest absolute Gasteiger partial charge is 0.347 e. The summed E-state index contributed by atoms with van der Waals surface area (Å²) in [5, 5.41) is 11.2. The van der Waals surface area contributed by atoms with E-state index in [4.69, 9.17) is 0 Å². The lowest BCUT2D eigenvalue weighted by atomic mass is 9.86. The average molecular weight is 367 g/mol. The summed E-state index contributed by atoms with van der Waals surface area (Å²) >= 11 is 0. The van der Waals surface area contributed by atoms with Gasteiger partial charge in [0.05, 0.1) is 0 Å². The third kappa shape index (κ3) is 3.34. The smallest absolute Gasteiger partial charge is 0.286 e. The number of amides is 1. The number of hydrogen-bond donors (Lipinski definition) is 1. The van der Waals surface area contributed by atoms with Gasteiger partial charge in [0.2, 0.25) is 11.6 Å². The molecule has 4 rings (SSSR count). The molecule has 1 aromatic heterocycles. The van der Waals surface area contributed by atoms with Gasteiger partial charge in [-0.25, -0.2) is 0 Å². The number of aryl methyl sites for hydroxylation is 1. The third-order valence-electron chi connectivity index (χ3n) is 5.71. The molecule has 7 heteroatoms. The van der Waals surface area contributed by atoms with Crippen molar-refractivity contribution in [2.24, 2.45) is 5.92 Å². The summed E-state index contributed by atoms with van der Waals surface area (Å²) in [7, 11) is 0. The number of hydrogen-bond acceptors (Lipinski definition) is 5. The maximum atomic E-state index is 12.8. The number of carbonyl (C=O) groups excluding carboxylic acids is 1. The molecule has 1 saturated carbocycles. The van der Waals surface area contributed by atoms with Crippen LogP contribution in [0.25, 0.3) is 0 Å². The fourth-order valence-corrected chi connectivity index (χ4v) is 3.99. The van der Waals surface area contributed by atoms with E-state index in [0.29, 0.717) is 25.0 Å². The van der Waals surface area contributed by atoms with Crippen molar-refractivity contribution in [3.63, 3.8) is 0 Å². The number of aromatic nitrogens is 3. The highest BCUT2D eigenvalue weighted by Gasteiger charge is 2.29. The van der Waals surface area contributed by atoms with Crippen molar-refractivity contribution in [3.05, 3.63) is 45.9 Å². The summed E-state index contributed by atoms with van der Waals surface area (Å²) < 4.78 is 1.55. The van der Waals surface area contributed by atoms with Gasteiger partial charge < -0.3 is 10.2 Å². The highest BCUT2D eigenvalue weighted by Crippen LogP contribution is 2.27. The van der Waals surface area contributed by atoms with Crippen molar-refractivity contribution in [3.8, 4) is 0 Å². The number of carbonyl (C=O) groups is 1. The highest BCUT2D eigenvalue weighted by atomic mass is 16.2. The van der Waals surface area contributed by atoms with Crippen LogP contribution < -0.4 is 15.8 Å². The molecule has 1 aromatic carbocycles. The quantitative estimate of drug-likeness (QED) is 0.901. The Kier molecular flexibility index (Phi) is 4.68. The van der Waals surface area contributed by atoms with Crippen LogP contribution in [0.5, 0.6) is 0 Å². The topological polar surface area (TPSA) is 80.1 Å². The van der Waals surface area contributed by atoms with Crippen molar-refractivity contribution < 1.29 is 4.79 Å². The lowest BCUT2D eigenvalue weighted by molar-refractivity contribution is 0.0901. The van der Waals surface area contributed by atoms with Gasteiger partial charge in [-0.1, -0.05) is 37.5 Å². The summed E-state index contributed by atoms with van der Waals surface area (Å²) in [6.45, 7) is 5.31. The molecule has 7 nitrogen and oxygen atoms in total. The van der Waals surface area contributed by atoms with Crippen LogP contribution in [0.15, 0.2) is 29.1 Å². The Morgan fingerprint density at radius 1 is 1.11 bits per heavy atom. The average Bonchev–Trinajstić information content (AvgIpc) is 3.09. The fraction of sp³-hybridized carbons (Fsp3) is 0.500. The molecular weight excluding hydrogens is 342 g/mol. The Bertz CT molecular complexity index is 906. The van der Waals surface area contributed by atoms with Crippen LogP contribution in [0.1, 0.15) is 48.7 Å². The van der Waals surface area contributed by atoms with Gasteiger partial charge in [-0.05, 0) is 37.8 Å². The second kappa shape index (κ2) is 7.13. The van der Waals surface area contributed by atoms with Crippen molar-refractivity contribution in [1.82, 2.24) is 20.1 Å². The van der Waals surface area contributed by atoms with E-state index in [1.54, 1.807) is 4.57 Å². The lowest BCUT2D eigenvalue weighted by Gasteiger charge is -2.29. The highest BCUT2D eigenvalue weighted by molar-refractivity contribution is 5.92. The zero-order valence-electron chi connectivity index (χ0n) is 15.8. The molecule has 27 heavy (non-hydrogen) atoms. The van der Waals surface area contributed by atoms with Gasteiger partial charge in [0, 0.05) is 24.8 Å². The first-order chi connectivity index (χ1) is 13.0. The molecule has 1 fully saturated rings. The van der Waals surface area contributed by atoms with E-state index in [9.17, 15) is 9.59 Å². The zero-order valence-corrected chi connectivity index (χ0v) is 15.8. The van der Waals surface area contributed by atoms with Crippen LogP contribution in [-0.2, 0) is 6.54 Å². The van der Waals surface area contributed by atoms with Crippen LogP contribution >= 0.6 is 0 Å². The molecule has 0 saturated heterocycles. The molecule has 2 heterocycles. The van der Waals surface area contributed by atoms with Crippen LogP contribution in [-0.4, -0.2) is 33.3 Å². The predicted octanol–water partition coefficient (Wildman–Crippen LogP) is 2.41. The number of fused-ring (bicyclic) bond motifs is 1. The van der Waals surface area contributed by atoms with Crippen molar-refractivity contribution in [1.29, 1.82) is 0 Å². The molecule has 0 unspecified atom stereocenters. The molecule has 1 N–H and O–H groups in total. The third-order valence-corrected chi connectivity index (χ3v) is 5.71. The molecule has 0 bridgehead atoms. The summed E-state index contributed by atoms with van der Waals surface area (Å²) in [6, 6.07) is 8.16. The molecule has 1 aliphatic carbocycles. The molecule has 0 radical (unpaired) electrons. The monoisotopic (exact) mass is 367 g/mol. The SMILES string of the molecule is Cc1ccc(N2CCn3c2nnc(C(=O)N[C@H]2CCCC[C@H]2C)c3=O)cc1. The first-order valence-electron chi connectivity index (χ1n) is 9.67. The molecular formula is C20H25N5O2. The van der Waals surface area contributed by atoms with E-state index in [1.165, 1.54) is 12.0 Å². The van der Waals surface area contributed by atoms with E-state index >= 15 is 0 Å². The molecule has 2 aliphatic rings. The van der Waals surface area contributed by atoms with Gasteiger partial charge in [0.25, 0.3) is 11.5 Å². The van der Waals surface area contributed by atoms with Crippen molar-refractivity contribution in [2.75, 3.05) is 11.4 Å². The molecule has 1 aliphatic heterocycles. The molecule has 2 aromatic rings. The maximum absolute atomic E-state index is 12.8. The van der Waals surface area contributed by atoms with E-state index < -0.39 is 5.91 Å². The van der Waals surface area contributed by atoms with E-state index in [0.717, 1.165) is 24.9 Å². The summed E-state index contributed by atoms with van der Waals surface area (Å²) in [6.07, 6.45) is 4.36. The second-order valence-electron chi connectivity index (χ2n) is 7.63. The van der Waals surface area contributed by atoms with E-state index in [1.807, 2.05) is 36.1 Å². The maximum Gasteiger partial charge on any atom is 0.286 e. The molecule has 2 atom stereocenters. The number of anilines is 2. The van der Waals surface area contributed by atoms with Gasteiger partial charge in [0.1, 0.15) is 0 Å². The van der Waals surface area contributed by atoms with Crippen LogP contribution in [0.3, 0.4) is 0 Å². The predicted molar refractivity (Wildman–Crippen MR) is 103 cm³/mol. The standard InChI is InChI=1S/C20H25N5O2/c1-13-7-9-15(10-8-13)24-11-12-25-19(27)17(22-23-20(24)25)18(26)21-16-6-4-3-5-14(16)2/h7-10,14,16H,3-6,11-12H2,1-2H3,(H,21,26)/t14-,16+/m1/s1. The minimum Gasteiger partial charge on any atom is -0.347 e. The first-order valence-corrected chi connectivity index (χ1v) is 9.67. The summed E-state index contributed by atoms with van der Waals surface area (Å²) in [5.41, 5.74) is 1.66. The normalized spacial score (nSPS) is 21.8. The Balaban J connectivity index is 1.58. The molecule has 1 amide bonds. The van der Waals surface area contributed by atoms with Crippen LogP contribution in [0.4, 0.5) is 11.6 Å². The minimum absolute atomic E-state index is 0.106. The first kappa shape index (κ1) is 17.7. The lowest BCUT2D eigenvalue weighted by Crippen LogP contribution is -2.44. The van der Waals surface area contributed by atoms with E-state index in [-0.39, 0.29) is 17.3 Å². The Labute approximate surface area is 158 Å². The van der Waals surface area contributed by atoms with Gasteiger partial charge >= 0.3 is 0 Å². The van der Waals surface area contributed by atoms with Gasteiger partial charge in [0.15, 0.2) is 0 Å². The van der Waals surface area contributed by atoms with Crippen LogP contribution in [0, 0.1) is 12.8 Å². The van der Waals surface area contributed by atoms with Crippen LogP contribution in [0.2, 0.25) is 0 Å². The number of nitrogens with zero attached hydrogens (tertiary/aromatic N) is 4. The second-order valence-corrected chi connectivity index (χ2v) is 7.63. The van der Waals surface area contributed by atoms with Crippen molar-refractivity contribution >= 4 is 17.5 Å². The fourth-order valence-electron chi connectivity index (χ4n) is 3.99. The van der Waals surface area contributed by atoms with Crippen molar-refractivity contribution in [2.45, 2.75) is 52.1 Å². The number of benzene rings is 1. The molecule has 0 spiro atoms. The summed E-state index contributed by atoms with van der Waals surface area (Å²) in [4.78, 5) is 27.4.